The first-order valence-corrected chi connectivity index (χ1v) is 8.78. The molecule has 5 nitrogen and oxygen atoms in total. The second-order valence-corrected chi connectivity index (χ2v) is 5.97. The molecule has 2 aromatic carbocycles. The molecule has 0 atom stereocenters. The van der Waals surface area contributed by atoms with E-state index in [1.165, 1.54) is 5.69 Å². The van der Waals surface area contributed by atoms with Crippen LogP contribution < -0.4 is 10.2 Å². The van der Waals surface area contributed by atoms with Gasteiger partial charge in [-0.15, -0.1) is 0 Å². The molecule has 1 aromatic heterocycles. The van der Waals surface area contributed by atoms with E-state index in [1.807, 2.05) is 48.5 Å². The van der Waals surface area contributed by atoms with Crippen molar-refractivity contribution in [1.29, 1.82) is 0 Å². The quantitative estimate of drug-likeness (QED) is 0.686. The highest BCUT2D eigenvalue weighted by molar-refractivity contribution is 5.91. The van der Waals surface area contributed by atoms with Crippen molar-refractivity contribution in [2.75, 3.05) is 23.3 Å². The minimum atomic E-state index is -0.00366. The monoisotopic (exact) mass is 336 g/mol. The molecule has 1 amide bonds. The molecule has 130 valence electrons. The van der Waals surface area contributed by atoms with E-state index in [9.17, 15) is 4.79 Å². The van der Waals surface area contributed by atoms with Crippen molar-refractivity contribution in [3.63, 3.8) is 0 Å². The Balaban J connectivity index is 1.55. The summed E-state index contributed by atoms with van der Waals surface area (Å²) >= 11 is 0. The molecule has 0 aliphatic heterocycles. The standard InChI is InChI=1S/C20H24N4O/c1-3-24(4-2)16-11-9-15(10-12-16)21-20(25)14-13-19-22-17-7-5-6-8-18(17)23-19/h5-12H,3-4,13-14H2,1-2H3,(H,21,25)(H,22,23). The molecule has 2 N–H and O–H groups in total. The number of anilines is 2. The van der Waals surface area contributed by atoms with Crippen LogP contribution in [0.4, 0.5) is 11.4 Å². The summed E-state index contributed by atoms with van der Waals surface area (Å²) in [6, 6.07) is 15.9. The lowest BCUT2D eigenvalue weighted by atomic mass is 10.2. The molecule has 1 heterocycles. The van der Waals surface area contributed by atoms with Crippen molar-refractivity contribution < 1.29 is 4.79 Å². The Labute approximate surface area is 148 Å². The summed E-state index contributed by atoms with van der Waals surface area (Å²) in [6.07, 6.45) is 0.996. The van der Waals surface area contributed by atoms with Crippen LogP contribution in [-0.2, 0) is 11.2 Å². The van der Waals surface area contributed by atoms with Gasteiger partial charge in [0.15, 0.2) is 0 Å². The summed E-state index contributed by atoms with van der Waals surface area (Å²) in [5, 5.41) is 2.95. The lowest BCUT2D eigenvalue weighted by Gasteiger charge is -2.21. The van der Waals surface area contributed by atoms with Crippen LogP contribution in [0.25, 0.3) is 11.0 Å². The molecule has 3 aromatic rings. The number of H-pyrrole nitrogens is 1. The SMILES string of the molecule is CCN(CC)c1ccc(NC(=O)CCc2nc3ccccc3[nH]2)cc1. The second kappa shape index (κ2) is 7.83. The van der Waals surface area contributed by atoms with Gasteiger partial charge in [-0.25, -0.2) is 4.98 Å². The van der Waals surface area contributed by atoms with Crippen LogP contribution in [-0.4, -0.2) is 29.0 Å². The van der Waals surface area contributed by atoms with Gasteiger partial charge in [-0.1, -0.05) is 12.1 Å². The van der Waals surface area contributed by atoms with Crippen LogP contribution in [0, 0.1) is 0 Å². The Morgan fingerprint density at radius 3 is 2.48 bits per heavy atom. The fraction of sp³-hybridized carbons (Fsp3) is 0.300. The van der Waals surface area contributed by atoms with E-state index in [0.717, 1.165) is 35.6 Å². The molecule has 0 aliphatic carbocycles. The highest BCUT2D eigenvalue weighted by atomic mass is 16.1. The number of benzene rings is 2. The van der Waals surface area contributed by atoms with Gasteiger partial charge in [0.2, 0.25) is 5.91 Å². The van der Waals surface area contributed by atoms with Gasteiger partial charge in [0, 0.05) is 37.3 Å². The van der Waals surface area contributed by atoms with Gasteiger partial charge in [-0.05, 0) is 50.2 Å². The van der Waals surface area contributed by atoms with Gasteiger partial charge >= 0.3 is 0 Å². The Morgan fingerprint density at radius 2 is 1.80 bits per heavy atom. The number of carbonyl (C=O) groups excluding carboxylic acids is 1. The summed E-state index contributed by atoms with van der Waals surface area (Å²) in [4.78, 5) is 22.2. The van der Waals surface area contributed by atoms with Crippen molar-refractivity contribution in [2.24, 2.45) is 0 Å². The number of imidazole rings is 1. The number of aromatic amines is 1. The molecule has 0 saturated heterocycles. The van der Waals surface area contributed by atoms with Crippen LogP contribution in [0.5, 0.6) is 0 Å². The Morgan fingerprint density at radius 1 is 1.08 bits per heavy atom. The maximum atomic E-state index is 12.2. The van der Waals surface area contributed by atoms with Gasteiger partial charge in [0.25, 0.3) is 0 Å². The number of nitrogens with one attached hydrogen (secondary N) is 2. The average molecular weight is 336 g/mol. The maximum Gasteiger partial charge on any atom is 0.224 e. The lowest BCUT2D eigenvalue weighted by Crippen LogP contribution is -2.21. The molecule has 0 fully saturated rings. The molecular weight excluding hydrogens is 312 g/mol. The third kappa shape index (κ3) is 4.18. The van der Waals surface area contributed by atoms with Crippen molar-refractivity contribution in [2.45, 2.75) is 26.7 Å². The fourth-order valence-corrected chi connectivity index (χ4v) is 2.92. The summed E-state index contributed by atoms with van der Waals surface area (Å²) in [5.41, 5.74) is 3.94. The first kappa shape index (κ1) is 17.0. The highest BCUT2D eigenvalue weighted by Crippen LogP contribution is 2.18. The first-order valence-electron chi connectivity index (χ1n) is 8.78. The van der Waals surface area contributed by atoms with Crippen LogP contribution in [0.15, 0.2) is 48.5 Å². The van der Waals surface area contributed by atoms with Crippen molar-refractivity contribution in [3.8, 4) is 0 Å². The van der Waals surface area contributed by atoms with Gasteiger partial charge in [-0.2, -0.15) is 0 Å². The number of rotatable bonds is 7. The third-order valence-electron chi connectivity index (χ3n) is 4.31. The molecule has 5 heteroatoms. The van der Waals surface area contributed by atoms with E-state index in [4.69, 9.17) is 0 Å². The van der Waals surface area contributed by atoms with Gasteiger partial charge in [0.05, 0.1) is 11.0 Å². The molecule has 0 spiro atoms. The maximum absolute atomic E-state index is 12.2. The van der Waals surface area contributed by atoms with Crippen LogP contribution in [0.2, 0.25) is 0 Å². The molecule has 25 heavy (non-hydrogen) atoms. The van der Waals surface area contributed by atoms with Gasteiger partial charge in [-0.3, -0.25) is 4.79 Å². The summed E-state index contributed by atoms with van der Waals surface area (Å²) < 4.78 is 0. The molecule has 3 rings (SSSR count). The predicted octanol–water partition coefficient (Wildman–Crippen LogP) is 3.98. The minimum Gasteiger partial charge on any atom is -0.372 e. The van der Waals surface area contributed by atoms with Crippen molar-refractivity contribution >= 4 is 28.3 Å². The molecule has 0 bridgehead atoms. The van der Waals surface area contributed by atoms with E-state index >= 15 is 0 Å². The van der Waals surface area contributed by atoms with Crippen LogP contribution in [0.3, 0.4) is 0 Å². The zero-order chi connectivity index (χ0) is 17.6. The van der Waals surface area contributed by atoms with E-state index in [1.54, 1.807) is 0 Å². The van der Waals surface area contributed by atoms with Crippen molar-refractivity contribution in [3.05, 3.63) is 54.4 Å². The number of carbonyl (C=O) groups is 1. The van der Waals surface area contributed by atoms with Gasteiger partial charge in [0.1, 0.15) is 5.82 Å². The van der Waals surface area contributed by atoms with Crippen LogP contribution in [0.1, 0.15) is 26.1 Å². The number of amides is 1. The zero-order valence-electron chi connectivity index (χ0n) is 14.7. The zero-order valence-corrected chi connectivity index (χ0v) is 14.7. The van der Waals surface area contributed by atoms with E-state index in [-0.39, 0.29) is 5.91 Å². The third-order valence-corrected chi connectivity index (χ3v) is 4.31. The summed E-state index contributed by atoms with van der Waals surface area (Å²) in [6.45, 7) is 6.22. The molecule has 0 aliphatic rings. The van der Waals surface area contributed by atoms with Crippen LogP contribution >= 0.6 is 0 Å². The molecular formula is C20H24N4O. The summed E-state index contributed by atoms with van der Waals surface area (Å²) in [7, 11) is 0. The lowest BCUT2D eigenvalue weighted by molar-refractivity contribution is -0.116. The highest BCUT2D eigenvalue weighted by Gasteiger charge is 2.07. The fourth-order valence-electron chi connectivity index (χ4n) is 2.92. The normalized spacial score (nSPS) is 10.8. The number of aryl methyl sites for hydroxylation is 1. The number of para-hydroxylation sites is 2. The van der Waals surface area contributed by atoms with E-state index in [2.05, 4.69) is 34.0 Å². The number of nitrogens with zero attached hydrogens (tertiary/aromatic N) is 2. The first-order chi connectivity index (χ1) is 12.2. The number of fused-ring (bicyclic) bond motifs is 1. The number of hydrogen-bond donors (Lipinski definition) is 2. The Hall–Kier alpha value is -2.82. The van der Waals surface area contributed by atoms with Crippen molar-refractivity contribution in [1.82, 2.24) is 9.97 Å². The predicted molar refractivity (Wildman–Crippen MR) is 103 cm³/mol. The molecule has 0 radical (unpaired) electrons. The summed E-state index contributed by atoms with van der Waals surface area (Å²) in [5.74, 6) is 0.837. The number of hydrogen-bond acceptors (Lipinski definition) is 3. The van der Waals surface area contributed by atoms with E-state index < -0.39 is 0 Å². The Kier molecular flexibility index (Phi) is 5.33. The van der Waals surface area contributed by atoms with E-state index in [0.29, 0.717) is 12.8 Å². The largest absolute Gasteiger partial charge is 0.372 e. The Bertz CT molecular complexity index is 801. The topological polar surface area (TPSA) is 61.0 Å². The second-order valence-electron chi connectivity index (χ2n) is 5.97. The number of aromatic nitrogens is 2. The smallest absolute Gasteiger partial charge is 0.224 e. The minimum absolute atomic E-state index is 0.00366. The van der Waals surface area contributed by atoms with Gasteiger partial charge < -0.3 is 15.2 Å². The molecule has 0 unspecified atom stereocenters. The average Bonchev–Trinajstić information content (AvgIpc) is 3.05. The molecule has 0 saturated carbocycles.